The molecule has 0 saturated carbocycles. The molecular formula is C11H11N. The van der Waals surface area contributed by atoms with E-state index in [4.69, 9.17) is 0 Å². The van der Waals surface area contributed by atoms with Gasteiger partial charge in [0.15, 0.2) is 0 Å². The first-order chi connectivity index (χ1) is 5.84. The zero-order valence-corrected chi connectivity index (χ0v) is 6.90. The maximum absolute atomic E-state index is 3.92. The highest BCUT2D eigenvalue weighted by Crippen LogP contribution is 2.11. The van der Waals surface area contributed by atoms with Gasteiger partial charge in [-0.25, -0.2) is 0 Å². The number of allylic oxidation sites excluding steroid dienone is 4. The van der Waals surface area contributed by atoms with Crippen molar-refractivity contribution in [2.75, 3.05) is 0 Å². The van der Waals surface area contributed by atoms with Gasteiger partial charge in [-0.2, -0.15) is 0 Å². The van der Waals surface area contributed by atoms with Crippen molar-refractivity contribution >= 4 is 5.57 Å². The first-order valence-corrected chi connectivity index (χ1v) is 3.73. The Balaban J connectivity index is 2.79. The van der Waals surface area contributed by atoms with Crippen molar-refractivity contribution in [3.63, 3.8) is 0 Å². The van der Waals surface area contributed by atoms with Crippen LogP contribution >= 0.6 is 0 Å². The number of hydrogen-bond donors (Lipinski definition) is 0. The Kier molecular flexibility index (Phi) is 3.03. The van der Waals surface area contributed by atoms with Gasteiger partial charge in [0.25, 0.3) is 0 Å². The molecule has 0 aliphatic carbocycles. The molecule has 60 valence electrons. The minimum absolute atomic E-state index is 0.970. The topological polar surface area (TPSA) is 12.9 Å². The molecule has 12 heavy (non-hydrogen) atoms. The average molecular weight is 157 g/mol. The van der Waals surface area contributed by atoms with Crippen LogP contribution in [-0.4, -0.2) is 4.98 Å². The van der Waals surface area contributed by atoms with E-state index in [-0.39, 0.29) is 0 Å². The molecule has 0 aliphatic rings. The lowest BCUT2D eigenvalue weighted by Gasteiger charge is -1.96. The van der Waals surface area contributed by atoms with Crippen LogP contribution in [0.25, 0.3) is 5.57 Å². The quantitative estimate of drug-likeness (QED) is 0.615. The van der Waals surface area contributed by atoms with E-state index < -0.39 is 0 Å². The molecule has 0 spiro atoms. The maximum Gasteiger partial charge on any atom is 0.0273 e. The predicted molar refractivity (Wildman–Crippen MR) is 52.6 cm³/mol. The van der Waals surface area contributed by atoms with E-state index in [1.54, 1.807) is 18.5 Å². The van der Waals surface area contributed by atoms with Crippen LogP contribution in [0.15, 0.2) is 55.9 Å². The van der Waals surface area contributed by atoms with Crippen LogP contribution in [0.5, 0.6) is 0 Å². The van der Waals surface area contributed by atoms with Crippen molar-refractivity contribution in [1.29, 1.82) is 0 Å². The fourth-order valence-corrected chi connectivity index (χ4v) is 0.846. The Morgan fingerprint density at radius 2 is 2.00 bits per heavy atom. The van der Waals surface area contributed by atoms with Crippen molar-refractivity contribution < 1.29 is 0 Å². The summed E-state index contributed by atoms with van der Waals surface area (Å²) in [7, 11) is 0. The highest BCUT2D eigenvalue weighted by atomic mass is 14.6. The molecule has 0 unspecified atom stereocenters. The third-order valence-corrected chi connectivity index (χ3v) is 1.48. The summed E-state index contributed by atoms with van der Waals surface area (Å²) in [5, 5.41) is 0. The van der Waals surface area contributed by atoms with E-state index >= 15 is 0 Å². The second kappa shape index (κ2) is 4.29. The molecule has 0 radical (unpaired) electrons. The van der Waals surface area contributed by atoms with E-state index in [1.807, 2.05) is 24.3 Å². The summed E-state index contributed by atoms with van der Waals surface area (Å²) >= 11 is 0. The molecule has 1 rings (SSSR count). The zero-order chi connectivity index (χ0) is 8.81. The second-order valence-electron chi connectivity index (χ2n) is 2.36. The lowest BCUT2D eigenvalue weighted by atomic mass is 10.1. The third kappa shape index (κ3) is 2.20. The highest BCUT2D eigenvalue weighted by molar-refractivity contribution is 5.71. The van der Waals surface area contributed by atoms with Gasteiger partial charge < -0.3 is 0 Å². The van der Waals surface area contributed by atoms with Gasteiger partial charge in [0.2, 0.25) is 0 Å². The monoisotopic (exact) mass is 157 g/mol. The zero-order valence-electron chi connectivity index (χ0n) is 6.90. The summed E-state index contributed by atoms with van der Waals surface area (Å²) in [4.78, 5) is 3.92. The Hall–Kier alpha value is -1.63. The Bertz CT molecular complexity index is 296. The van der Waals surface area contributed by atoms with Gasteiger partial charge in [-0.3, -0.25) is 4.98 Å². The van der Waals surface area contributed by atoms with Crippen LogP contribution in [0.3, 0.4) is 0 Å². The summed E-state index contributed by atoms with van der Waals surface area (Å²) in [6.45, 7) is 7.49. The highest BCUT2D eigenvalue weighted by Gasteiger charge is 1.90. The number of rotatable bonds is 3. The minimum Gasteiger partial charge on any atom is -0.265 e. The normalized spacial score (nSPS) is 10.0. The first kappa shape index (κ1) is 8.47. The molecule has 1 heterocycles. The van der Waals surface area contributed by atoms with Crippen LogP contribution in [-0.2, 0) is 0 Å². The largest absolute Gasteiger partial charge is 0.265 e. The van der Waals surface area contributed by atoms with Crippen LogP contribution < -0.4 is 0 Å². The molecule has 0 aliphatic heterocycles. The molecule has 1 nitrogen and oxygen atoms in total. The number of pyridine rings is 1. The van der Waals surface area contributed by atoms with Crippen molar-refractivity contribution in [3.8, 4) is 0 Å². The van der Waals surface area contributed by atoms with Crippen molar-refractivity contribution in [2.24, 2.45) is 0 Å². The van der Waals surface area contributed by atoms with Gasteiger partial charge in [-0.1, -0.05) is 31.4 Å². The second-order valence-corrected chi connectivity index (χ2v) is 2.36. The standard InChI is InChI=1S/C11H11N/c1-3-4-5-10(2)11-6-8-12-9-7-11/h3-9H,1-2H2/b5-4-. The van der Waals surface area contributed by atoms with Gasteiger partial charge in [0.1, 0.15) is 0 Å². The molecule has 0 saturated heterocycles. The van der Waals surface area contributed by atoms with Crippen LogP contribution in [0.2, 0.25) is 0 Å². The van der Waals surface area contributed by atoms with E-state index in [9.17, 15) is 0 Å². The molecule has 0 fully saturated rings. The van der Waals surface area contributed by atoms with Crippen molar-refractivity contribution in [1.82, 2.24) is 4.98 Å². The van der Waals surface area contributed by atoms with E-state index in [0.29, 0.717) is 0 Å². The van der Waals surface area contributed by atoms with Crippen molar-refractivity contribution in [2.45, 2.75) is 0 Å². The Morgan fingerprint density at radius 3 is 2.58 bits per heavy atom. The maximum atomic E-state index is 3.92. The third-order valence-electron chi connectivity index (χ3n) is 1.48. The molecule has 1 heteroatoms. The molecule has 0 bridgehead atoms. The van der Waals surface area contributed by atoms with E-state index in [2.05, 4.69) is 18.1 Å². The fourth-order valence-electron chi connectivity index (χ4n) is 0.846. The van der Waals surface area contributed by atoms with Gasteiger partial charge in [0, 0.05) is 12.4 Å². The Morgan fingerprint density at radius 1 is 1.33 bits per heavy atom. The van der Waals surface area contributed by atoms with Gasteiger partial charge in [-0.15, -0.1) is 0 Å². The van der Waals surface area contributed by atoms with E-state index in [1.165, 1.54) is 0 Å². The van der Waals surface area contributed by atoms with Crippen LogP contribution in [0, 0.1) is 0 Å². The predicted octanol–water partition coefficient (Wildman–Crippen LogP) is 2.84. The molecule has 1 aromatic rings. The number of nitrogens with zero attached hydrogens (tertiary/aromatic N) is 1. The summed E-state index contributed by atoms with van der Waals surface area (Å²) < 4.78 is 0. The summed E-state index contributed by atoms with van der Waals surface area (Å²) in [6.07, 6.45) is 9.02. The van der Waals surface area contributed by atoms with Crippen LogP contribution in [0.4, 0.5) is 0 Å². The van der Waals surface area contributed by atoms with Crippen LogP contribution in [0.1, 0.15) is 5.56 Å². The molecule has 0 aromatic carbocycles. The molecule has 0 N–H and O–H groups in total. The fraction of sp³-hybridized carbons (Fsp3) is 0. The lowest BCUT2D eigenvalue weighted by molar-refractivity contribution is 1.32. The molecule has 0 atom stereocenters. The van der Waals surface area contributed by atoms with E-state index in [0.717, 1.165) is 11.1 Å². The lowest BCUT2D eigenvalue weighted by Crippen LogP contribution is -1.78. The first-order valence-electron chi connectivity index (χ1n) is 3.73. The smallest absolute Gasteiger partial charge is 0.0273 e. The SMILES string of the molecule is C=C/C=C\C(=C)c1ccncc1. The summed E-state index contributed by atoms with van der Waals surface area (Å²) in [6, 6.07) is 3.85. The molecule has 1 aromatic heterocycles. The average Bonchev–Trinajstić information content (AvgIpc) is 2.15. The van der Waals surface area contributed by atoms with Crippen molar-refractivity contribution in [3.05, 3.63) is 61.5 Å². The van der Waals surface area contributed by atoms with Gasteiger partial charge in [-0.05, 0) is 23.3 Å². The number of hydrogen-bond acceptors (Lipinski definition) is 1. The summed E-state index contributed by atoms with van der Waals surface area (Å²) in [5.74, 6) is 0. The summed E-state index contributed by atoms with van der Waals surface area (Å²) in [5.41, 5.74) is 2.06. The minimum atomic E-state index is 0.970. The van der Waals surface area contributed by atoms with Gasteiger partial charge in [0.05, 0.1) is 0 Å². The van der Waals surface area contributed by atoms with Gasteiger partial charge >= 0.3 is 0 Å². The Labute approximate surface area is 72.8 Å². The number of aromatic nitrogens is 1. The molecular weight excluding hydrogens is 146 g/mol. The molecule has 0 amide bonds.